The van der Waals surface area contributed by atoms with Crippen molar-refractivity contribution < 1.29 is 13.2 Å². The standard InChI is InChI=1S/C13H20N4O3S/c1-16(21(19,20)12-5-2-6-15-9-12)10-13(18)17-7-3-4-11(17)8-14/h2,5-6,9,11H,3-4,7-8,10,14H2,1H3. The van der Waals surface area contributed by atoms with Crippen LogP contribution < -0.4 is 5.73 Å². The van der Waals surface area contributed by atoms with Crippen molar-refractivity contribution in [3.05, 3.63) is 24.5 Å². The SMILES string of the molecule is CN(CC(=O)N1CCCC1CN)S(=O)(=O)c1cccnc1. The van der Waals surface area contributed by atoms with Gasteiger partial charge >= 0.3 is 0 Å². The second-order valence-corrected chi connectivity index (χ2v) is 7.11. The number of carbonyl (C=O) groups excluding carboxylic acids is 1. The van der Waals surface area contributed by atoms with E-state index in [1.54, 1.807) is 11.0 Å². The summed E-state index contributed by atoms with van der Waals surface area (Å²) in [6.07, 6.45) is 4.56. The molecule has 2 heterocycles. The highest BCUT2D eigenvalue weighted by Crippen LogP contribution is 2.18. The third-order valence-corrected chi connectivity index (χ3v) is 5.46. The van der Waals surface area contributed by atoms with E-state index in [1.165, 1.54) is 25.5 Å². The van der Waals surface area contributed by atoms with Crippen molar-refractivity contribution in [1.82, 2.24) is 14.2 Å². The van der Waals surface area contributed by atoms with Crippen LogP contribution in [0.1, 0.15) is 12.8 Å². The van der Waals surface area contributed by atoms with Crippen LogP contribution in [0.4, 0.5) is 0 Å². The van der Waals surface area contributed by atoms with Crippen LogP contribution in [0.2, 0.25) is 0 Å². The maximum atomic E-state index is 12.3. The fraction of sp³-hybridized carbons (Fsp3) is 0.538. The molecule has 0 radical (unpaired) electrons. The fourth-order valence-electron chi connectivity index (χ4n) is 2.46. The lowest BCUT2D eigenvalue weighted by molar-refractivity contribution is -0.131. The number of carbonyl (C=O) groups is 1. The molecule has 116 valence electrons. The maximum Gasteiger partial charge on any atom is 0.244 e. The van der Waals surface area contributed by atoms with Crippen molar-refractivity contribution in [2.24, 2.45) is 5.73 Å². The average Bonchev–Trinajstić information content (AvgIpc) is 2.96. The monoisotopic (exact) mass is 312 g/mol. The zero-order valence-corrected chi connectivity index (χ0v) is 12.8. The minimum Gasteiger partial charge on any atom is -0.337 e. The van der Waals surface area contributed by atoms with Crippen LogP contribution in [0.25, 0.3) is 0 Å². The zero-order chi connectivity index (χ0) is 15.5. The van der Waals surface area contributed by atoms with Crippen molar-refractivity contribution >= 4 is 15.9 Å². The summed E-state index contributed by atoms with van der Waals surface area (Å²) in [6, 6.07) is 3.03. The van der Waals surface area contributed by atoms with E-state index < -0.39 is 10.0 Å². The summed E-state index contributed by atoms with van der Waals surface area (Å²) < 4.78 is 25.7. The highest BCUT2D eigenvalue weighted by atomic mass is 32.2. The lowest BCUT2D eigenvalue weighted by atomic mass is 10.2. The number of rotatable bonds is 5. The Morgan fingerprint density at radius 3 is 2.95 bits per heavy atom. The van der Waals surface area contributed by atoms with Crippen molar-refractivity contribution in [2.45, 2.75) is 23.8 Å². The first-order chi connectivity index (χ1) is 9.96. The summed E-state index contributed by atoms with van der Waals surface area (Å²) in [4.78, 5) is 17.8. The summed E-state index contributed by atoms with van der Waals surface area (Å²) in [7, 11) is -2.30. The van der Waals surface area contributed by atoms with Crippen LogP contribution in [0.15, 0.2) is 29.4 Å². The van der Waals surface area contributed by atoms with Gasteiger partial charge in [0.05, 0.1) is 6.54 Å². The summed E-state index contributed by atoms with van der Waals surface area (Å²) in [6.45, 7) is 0.861. The normalized spacial score (nSPS) is 19.2. The van der Waals surface area contributed by atoms with Crippen LogP contribution in [-0.4, -0.2) is 61.2 Å². The molecular weight excluding hydrogens is 292 g/mol. The summed E-state index contributed by atoms with van der Waals surface area (Å²) in [5.74, 6) is -0.210. The van der Waals surface area contributed by atoms with Gasteiger partial charge in [-0.2, -0.15) is 4.31 Å². The molecule has 7 nitrogen and oxygen atoms in total. The zero-order valence-electron chi connectivity index (χ0n) is 12.0. The quantitative estimate of drug-likeness (QED) is 0.802. The Morgan fingerprint density at radius 1 is 1.57 bits per heavy atom. The number of hydrogen-bond donors (Lipinski definition) is 1. The first-order valence-corrected chi connectivity index (χ1v) is 8.26. The van der Waals surface area contributed by atoms with Crippen molar-refractivity contribution in [1.29, 1.82) is 0 Å². The Kier molecular flexibility index (Phi) is 4.92. The van der Waals surface area contributed by atoms with Crippen LogP contribution in [0.3, 0.4) is 0 Å². The lowest BCUT2D eigenvalue weighted by Crippen LogP contribution is -2.45. The number of pyridine rings is 1. The summed E-state index contributed by atoms with van der Waals surface area (Å²) >= 11 is 0. The van der Waals surface area contributed by atoms with E-state index in [0.29, 0.717) is 13.1 Å². The molecule has 1 unspecified atom stereocenters. The Bertz CT molecular complexity index is 591. The molecule has 0 spiro atoms. The molecule has 1 saturated heterocycles. The van der Waals surface area contributed by atoms with E-state index >= 15 is 0 Å². The number of hydrogen-bond acceptors (Lipinski definition) is 5. The molecule has 0 aromatic carbocycles. The minimum atomic E-state index is -3.70. The molecular formula is C13H20N4O3S. The van der Waals surface area contributed by atoms with Crippen molar-refractivity contribution in [2.75, 3.05) is 26.7 Å². The number of aromatic nitrogens is 1. The van der Waals surface area contributed by atoms with E-state index in [2.05, 4.69) is 4.98 Å². The molecule has 21 heavy (non-hydrogen) atoms. The van der Waals surface area contributed by atoms with E-state index in [0.717, 1.165) is 17.1 Å². The number of likely N-dealkylation sites (tertiary alicyclic amines) is 1. The molecule has 2 N–H and O–H groups in total. The maximum absolute atomic E-state index is 12.3. The summed E-state index contributed by atoms with van der Waals surface area (Å²) in [5.41, 5.74) is 5.64. The van der Waals surface area contributed by atoms with Gasteiger partial charge in [0.2, 0.25) is 15.9 Å². The van der Waals surface area contributed by atoms with E-state index in [1.807, 2.05) is 0 Å². The van der Waals surface area contributed by atoms with Gasteiger partial charge in [-0.25, -0.2) is 8.42 Å². The largest absolute Gasteiger partial charge is 0.337 e. The summed E-state index contributed by atoms with van der Waals surface area (Å²) in [5, 5.41) is 0. The van der Waals surface area contributed by atoms with Gasteiger partial charge in [-0.05, 0) is 25.0 Å². The average molecular weight is 312 g/mol. The van der Waals surface area contributed by atoms with Gasteiger partial charge in [-0.3, -0.25) is 9.78 Å². The van der Waals surface area contributed by atoms with E-state index in [4.69, 9.17) is 5.73 Å². The molecule has 1 aromatic heterocycles. The minimum absolute atomic E-state index is 0.0204. The molecule has 1 atom stereocenters. The van der Waals surface area contributed by atoms with Crippen LogP contribution in [-0.2, 0) is 14.8 Å². The van der Waals surface area contributed by atoms with E-state index in [-0.39, 0.29) is 23.4 Å². The van der Waals surface area contributed by atoms with Crippen molar-refractivity contribution in [3.63, 3.8) is 0 Å². The van der Waals surface area contributed by atoms with Gasteiger partial charge < -0.3 is 10.6 Å². The molecule has 0 saturated carbocycles. The molecule has 0 aliphatic carbocycles. The van der Waals surface area contributed by atoms with Crippen LogP contribution in [0.5, 0.6) is 0 Å². The Hall–Kier alpha value is -1.51. The fourth-order valence-corrected chi connectivity index (χ4v) is 3.54. The molecule has 2 rings (SSSR count). The predicted molar refractivity (Wildman–Crippen MR) is 77.8 cm³/mol. The van der Waals surface area contributed by atoms with Crippen LogP contribution >= 0.6 is 0 Å². The topological polar surface area (TPSA) is 96.6 Å². The van der Waals surface area contributed by atoms with Gasteiger partial charge in [-0.15, -0.1) is 0 Å². The Labute approximate surface area is 124 Å². The van der Waals surface area contributed by atoms with Gasteiger partial charge in [0, 0.05) is 38.6 Å². The number of amides is 1. The Balaban J connectivity index is 2.07. The molecule has 1 amide bonds. The number of sulfonamides is 1. The highest BCUT2D eigenvalue weighted by Gasteiger charge is 2.30. The van der Waals surface area contributed by atoms with Gasteiger partial charge in [0.15, 0.2) is 0 Å². The third-order valence-electron chi connectivity index (χ3n) is 3.67. The molecule has 0 bridgehead atoms. The van der Waals surface area contributed by atoms with Gasteiger partial charge in [0.1, 0.15) is 4.90 Å². The molecule has 1 aromatic rings. The number of nitrogens with two attached hydrogens (primary N) is 1. The van der Waals surface area contributed by atoms with Crippen molar-refractivity contribution in [3.8, 4) is 0 Å². The second kappa shape index (κ2) is 6.50. The molecule has 1 fully saturated rings. The molecule has 1 aliphatic heterocycles. The highest BCUT2D eigenvalue weighted by molar-refractivity contribution is 7.89. The predicted octanol–water partition coefficient (Wildman–Crippen LogP) is -0.348. The third kappa shape index (κ3) is 3.39. The second-order valence-electron chi connectivity index (χ2n) is 5.07. The van der Waals surface area contributed by atoms with Gasteiger partial charge in [-0.1, -0.05) is 0 Å². The van der Waals surface area contributed by atoms with Crippen LogP contribution in [0, 0.1) is 0 Å². The number of nitrogens with zero attached hydrogens (tertiary/aromatic N) is 3. The first kappa shape index (κ1) is 15.9. The molecule has 8 heteroatoms. The van der Waals surface area contributed by atoms with Gasteiger partial charge in [0.25, 0.3) is 0 Å². The molecule has 1 aliphatic rings. The lowest BCUT2D eigenvalue weighted by Gasteiger charge is -2.26. The van der Waals surface area contributed by atoms with E-state index in [9.17, 15) is 13.2 Å². The number of likely N-dealkylation sites (N-methyl/N-ethyl adjacent to an activating group) is 1. The smallest absolute Gasteiger partial charge is 0.244 e. The first-order valence-electron chi connectivity index (χ1n) is 6.82. The Morgan fingerprint density at radius 2 is 2.33 bits per heavy atom.